The van der Waals surface area contributed by atoms with E-state index in [1.807, 2.05) is 4.90 Å². The molecule has 0 aromatic heterocycles. The highest BCUT2D eigenvalue weighted by molar-refractivity contribution is 7.89. The predicted molar refractivity (Wildman–Crippen MR) is 96.7 cm³/mol. The van der Waals surface area contributed by atoms with Crippen LogP contribution in [-0.2, 0) is 21.2 Å². The van der Waals surface area contributed by atoms with Crippen molar-refractivity contribution in [3.63, 3.8) is 0 Å². The van der Waals surface area contributed by atoms with Crippen LogP contribution in [0, 0.1) is 5.41 Å². The Morgan fingerprint density at radius 3 is 2.44 bits per heavy atom. The molecule has 0 radical (unpaired) electrons. The minimum Gasteiger partial charge on any atom is -0.343 e. The first-order valence-corrected chi connectivity index (χ1v) is 10.4. The van der Waals surface area contributed by atoms with E-state index < -0.39 is 10.0 Å². The Labute approximate surface area is 150 Å². The van der Waals surface area contributed by atoms with E-state index in [-0.39, 0.29) is 10.8 Å². The summed E-state index contributed by atoms with van der Waals surface area (Å²) >= 11 is 0. The number of benzene rings is 1. The van der Waals surface area contributed by atoms with Gasteiger partial charge >= 0.3 is 0 Å². The number of rotatable bonds is 5. The van der Waals surface area contributed by atoms with E-state index in [4.69, 9.17) is 0 Å². The van der Waals surface area contributed by atoms with Gasteiger partial charge in [0, 0.05) is 26.1 Å². The smallest absolute Gasteiger partial charge is 0.240 e. The van der Waals surface area contributed by atoms with Crippen molar-refractivity contribution in [2.45, 2.75) is 37.0 Å². The highest BCUT2D eigenvalue weighted by atomic mass is 32.2. The van der Waals surface area contributed by atoms with Crippen molar-refractivity contribution in [3.05, 3.63) is 29.8 Å². The highest BCUT2D eigenvalue weighted by Gasteiger charge is 2.37. The van der Waals surface area contributed by atoms with Gasteiger partial charge in [0.25, 0.3) is 0 Å². The first-order chi connectivity index (χ1) is 11.9. The Morgan fingerprint density at radius 1 is 1.20 bits per heavy atom. The molecule has 1 amide bonds. The van der Waals surface area contributed by atoms with E-state index in [1.54, 1.807) is 24.3 Å². The van der Waals surface area contributed by atoms with Crippen LogP contribution in [0.5, 0.6) is 0 Å². The number of hydrogen-bond donors (Lipinski definition) is 2. The lowest BCUT2D eigenvalue weighted by Gasteiger charge is -2.39. The molecule has 2 saturated heterocycles. The Kier molecular flexibility index (Phi) is 5.46. The number of aryl methyl sites for hydroxylation is 1. The molecule has 3 rings (SSSR count). The molecule has 0 unspecified atom stereocenters. The minimum absolute atomic E-state index is 0.202. The van der Waals surface area contributed by atoms with Crippen LogP contribution in [0.1, 0.15) is 31.2 Å². The van der Waals surface area contributed by atoms with E-state index in [2.05, 4.69) is 10.0 Å². The van der Waals surface area contributed by atoms with Crippen LogP contribution < -0.4 is 10.0 Å². The summed E-state index contributed by atoms with van der Waals surface area (Å²) in [4.78, 5) is 14.7. The molecule has 25 heavy (non-hydrogen) atoms. The first kappa shape index (κ1) is 18.4. The first-order valence-electron chi connectivity index (χ1n) is 8.95. The van der Waals surface area contributed by atoms with E-state index in [0.29, 0.717) is 18.3 Å². The van der Waals surface area contributed by atoms with Crippen LogP contribution in [0.2, 0.25) is 0 Å². The molecular formula is C18H27N3O3S. The van der Waals surface area contributed by atoms with Gasteiger partial charge in [-0.05, 0) is 62.4 Å². The maximum Gasteiger partial charge on any atom is 0.240 e. The molecule has 1 aromatic rings. The third-order valence-electron chi connectivity index (χ3n) is 5.64. The number of nitrogens with zero attached hydrogens (tertiary/aromatic N) is 1. The monoisotopic (exact) mass is 365 g/mol. The lowest BCUT2D eigenvalue weighted by Crippen LogP contribution is -2.44. The molecule has 1 spiro atoms. The van der Waals surface area contributed by atoms with E-state index in [0.717, 1.165) is 44.6 Å². The van der Waals surface area contributed by atoms with E-state index in [1.165, 1.54) is 13.5 Å². The fourth-order valence-corrected chi connectivity index (χ4v) is 4.55. The Morgan fingerprint density at radius 2 is 1.88 bits per heavy atom. The van der Waals surface area contributed by atoms with Crippen molar-refractivity contribution >= 4 is 15.9 Å². The fraction of sp³-hybridized carbons (Fsp3) is 0.611. The van der Waals surface area contributed by atoms with Gasteiger partial charge in [0.15, 0.2) is 0 Å². The molecule has 2 fully saturated rings. The Hall–Kier alpha value is -1.44. The molecule has 1 aromatic carbocycles. The number of likely N-dealkylation sites (tertiary alicyclic amines) is 1. The third-order valence-corrected chi connectivity index (χ3v) is 7.07. The van der Waals surface area contributed by atoms with Crippen molar-refractivity contribution in [2.24, 2.45) is 5.41 Å². The van der Waals surface area contributed by atoms with Crippen LogP contribution in [0.25, 0.3) is 0 Å². The number of carbonyl (C=O) groups is 1. The Bertz CT molecular complexity index is 700. The van der Waals surface area contributed by atoms with Gasteiger partial charge in [0.05, 0.1) is 4.90 Å². The molecule has 2 aliphatic rings. The fourth-order valence-electron chi connectivity index (χ4n) is 3.82. The van der Waals surface area contributed by atoms with Gasteiger partial charge in [-0.1, -0.05) is 12.1 Å². The molecule has 2 heterocycles. The summed E-state index contributed by atoms with van der Waals surface area (Å²) in [5.41, 5.74) is 1.41. The summed E-state index contributed by atoms with van der Waals surface area (Å²) in [6.07, 6.45) is 4.55. The highest BCUT2D eigenvalue weighted by Crippen LogP contribution is 2.37. The average molecular weight is 365 g/mol. The SMILES string of the molecule is CNS(=O)(=O)c1ccc(CCC(=O)N2CCC3(CCNC3)CC2)cc1. The van der Waals surface area contributed by atoms with Crippen molar-refractivity contribution in [1.29, 1.82) is 0 Å². The second-order valence-corrected chi connectivity index (χ2v) is 9.05. The molecule has 0 bridgehead atoms. The predicted octanol–water partition coefficient (Wildman–Crippen LogP) is 1.13. The maximum absolute atomic E-state index is 12.5. The van der Waals surface area contributed by atoms with E-state index >= 15 is 0 Å². The molecule has 0 atom stereocenters. The number of nitrogens with one attached hydrogen (secondary N) is 2. The summed E-state index contributed by atoms with van der Waals surface area (Å²) in [5, 5.41) is 3.44. The van der Waals surface area contributed by atoms with Crippen molar-refractivity contribution in [1.82, 2.24) is 14.9 Å². The molecule has 138 valence electrons. The van der Waals surface area contributed by atoms with Gasteiger partial charge in [-0.15, -0.1) is 0 Å². The molecular weight excluding hydrogens is 338 g/mol. The summed E-state index contributed by atoms with van der Waals surface area (Å²) in [7, 11) is -2.01. The van der Waals surface area contributed by atoms with Crippen LogP contribution in [0.3, 0.4) is 0 Å². The molecule has 7 heteroatoms. The average Bonchev–Trinajstić information content (AvgIpc) is 3.08. The van der Waals surface area contributed by atoms with Crippen molar-refractivity contribution < 1.29 is 13.2 Å². The van der Waals surface area contributed by atoms with Crippen molar-refractivity contribution in [3.8, 4) is 0 Å². The van der Waals surface area contributed by atoms with Crippen molar-refractivity contribution in [2.75, 3.05) is 33.2 Å². The van der Waals surface area contributed by atoms with Crippen LogP contribution in [-0.4, -0.2) is 52.5 Å². The molecule has 6 nitrogen and oxygen atoms in total. The second kappa shape index (κ2) is 7.43. The zero-order chi connectivity index (χ0) is 17.9. The minimum atomic E-state index is -3.40. The summed E-state index contributed by atoms with van der Waals surface area (Å²) < 4.78 is 25.7. The number of hydrogen-bond acceptors (Lipinski definition) is 4. The largest absolute Gasteiger partial charge is 0.343 e. The molecule has 0 saturated carbocycles. The molecule has 2 N–H and O–H groups in total. The number of piperidine rings is 1. The Balaban J connectivity index is 1.49. The van der Waals surface area contributed by atoms with Crippen LogP contribution in [0.15, 0.2) is 29.2 Å². The van der Waals surface area contributed by atoms with Gasteiger partial charge < -0.3 is 10.2 Å². The quantitative estimate of drug-likeness (QED) is 0.820. The standard InChI is InChI=1S/C18H27N3O3S/c1-19-25(23,24)16-5-2-15(3-6-16)4-7-17(22)21-12-9-18(10-13-21)8-11-20-14-18/h2-3,5-6,19-20H,4,7-14H2,1H3. The third kappa shape index (κ3) is 4.22. The maximum atomic E-state index is 12.5. The topological polar surface area (TPSA) is 78.5 Å². The van der Waals surface area contributed by atoms with Gasteiger partial charge in [-0.3, -0.25) is 4.79 Å². The molecule has 0 aliphatic carbocycles. The number of amides is 1. The summed E-state index contributed by atoms with van der Waals surface area (Å²) in [6, 6.07) is 6.74. The van der Waals surface area contributed by atoms with Gasteiger partial charge in [0.1, 0.15) is 0 Å². The summed E-state index contributed by atoms with van der Waals surface area (Å²) in [6.45, 7) is 3.92. The lowest BCUT2D eigenvalue weighted by atomic mass is 9.78. The van der Waals surface area contributed by atoms with Gasteiger partial charge in [-0.25, -0.2) is 13.1 Å². The van der Waals surface area contributed by atoms with Crippen LogP contribution in [0.4, 0.5) is 0 Å². The van der Waals surface area contributed by atoms with Gasteiger partial charge in [-0.2, -0.15) is 0 Å². The zero-order valence-electron chi connectivity index (χ0n) is 14.8. The zero-order valence-corrected chi connectivity index (χ0v) is 15.6. The number of carbonyl (C=O) groups excluding carboxylic acids is 1. The van der Waals surface area contributed by atoms with E-state index in [9.17, 15) is 13.2 Å². The lowest BCUT2D eigenvalue weighted by molar-refractivity contribution is -0.133. The summed E-state index contributed by atoms with van der Waals surface area (Å²) in [5.74, 6) is 0.202. The second-order valence-electron chi connectivity index (χ2n) is 7.16. The number of sulfonamides is 1. The van der Waals surface area contributed by atoms with Gasteiger partial charge in [0.2, 0.25) is 15.9 Å². The normalized spacial score (nSPS) is 20.1. The van der Waals surface area contributed by atoms with Crippen LogP contribution >= 0.6 is 0 Å². The molecule has 2 aliphatic heterocycles.